The van der Waals surface area contributed by atoms with Crippen molar-refractivity contribution in [3.8, 4) is 0 Å². The third-order valence-electron chi connectivity index (χ3n) is 1.60. The quantitative estimate of drug-likeness (QED) is 0.466. The Hall–Kier alpha value is -1.48. The van der Waals surface area contributed by atoms with E-state index >= 15 is 0 Å². The average Bonchev–Trinajstić information content (AvgIpc) is 2.17. The van der Waals surface area contributed by atoms with E-state index in [1.807, 2.05) is 0 Å². The average molecular weight is 244 g/mol. The lowest BCUT2D eigenvalue weighted by atomic mass is 10.1. The summed E-state index contributed by atoms with van der Waals surface area (Å²) in [6.07, 6.45) is 1.26. The summed E-state index contributed by atoms with van der Waals surface area (Å²) < 4.78 is 0. The maximum absolute atomic E-state index is 10.9. The first-order valence-corrected chi connectivity index (χ1v) is 4.43. The molecule has 0 bridgehead atoms. The third-order valence-corrected chi connectivity index (χ3v) is 2.02. The van der Waals surface area contributed by atoms with E-state index in [4.69, 9.17) is 23.2 Å². The lowest BCUT2D eigenvalue weighted by molar-refractivity contribution is 0.107. The van der Waals surface area contributed by atoms with Gasteiger partial charge < -0.3 is 0 Å². The molecular formula is C9H3Cl2NO3. The van der Waals surface area contributed by atoms with E-state index in [0.29, 0.717) is 0 Å². The number of nitrogens with zero attached hydrogens (tertiary/aromatic N) is 1. The number of benzene rings is 1. The van der Waals surface area contributed by atoms with Gasteiger partial charge in [0.05, 0.1) is 11.3 Å². The summed E-state index contributed by atoms with van der Waals surface area (Å²) in [5.74, 6) is 0. The molecule has 0 spiro atoms. The summed E-state index contributed by atoms with van der Waals surface area (Å²) in [5.41, 5.74) is 0.102. The Morgan fingerprint density at radius 2 is 1.87 bits per heavy atom. The molecule has 6 heteroatoms. The fraction of sp³-hybridized carbons (Fsp3) is 0. The summed E-state index contributed by atoms with van der Waals surface area (Å²) in [6.45, 7) is 0. The van der Waals surface area contributed by atoms with Crippen molar-refractivity contribution >= 4 is 45.5 Å². The highest BCUT2D eigenvalue weighted by atomic mass is 35.5. The van der Waals surface area contributed by atoms with Gasteiger partial charge in [0.15, 0.2) is 0 Å². The zero-order valence-electron chi connectivity index (χ0n) is 7.16. The second-order valence-corrected chi connectivity index (χ2v) is 3.17. The van der Waals surface area contributed by atoms with E-state index in [0.717, 1.165) is 0 Å². The summed E-state index contributed by atoms with van der Waals surface area (Å²) >= 11 is 10.4. The summed E-state index contributed by atoms with van der Waals surface area (Å²) in [7, 11) is 0. The summed E-state index contributed by atoms with van der Waals surface area (Å²) in [4.78, 5) is 35.0. The molecule has 1 aromatic rings. The fourth-order valence-corrected chi connectivity index (χ4v) is 1.24. The van der Waals surface area contributed by atoms with Crippen molar-refractivity contribution in [1.29, 1.82) is 0 Å². The minimum absolute atomic E-state index is 0.0154. The molecule has 0 atom stereocenters. The van der Waals surface area contributed by atoms with Crippen LogP contribution in [0.5, 0.6) is 0 Å². The van der Waals surface area contributed by atoms with Gasteiger partial charge in [0.2, 0.25) is 6.08 Å². The molecule has 1 rings (SSSR count). The highest BCUT2D eigenvalue weighted by Gasteiger charge is 2.11. The standard InChI is InChI=1S/C9H3Cl2NO3/c10-8(14)5-1-2-6(9(11)15)7(3-5)12-4-13/h1-3H. The number of hydrogen-bond acceptors (Lipinski definition) is 4. The Balaban J connectivity index is 3.39. The first-order chi connectivity index (χ1) is 7.06. The van der Waals surface area contributed by atoms with Gasteiger partial charge in [-0.1, -0.05) is 0 Å². The first-order valence-electron chi connectivity index (χ1n) is 3.68. The molecule has 0 N–H and O–H groups in total. The summed E-state index contributed by atoms with van der Waals surface area (Å²) in [6, 6.07) is 3.77. The number of rotatable bonds is 3. The van der Waals surface area contributed by atoms with E-state index in [2.05, 4.69) is 4.99 Å². The van der Waals surface area contributed by atoms with Crippen LogP contribution >= 0.6 is 23.2 Å². The molecule has 4 nitrogen and oxygen atoms in total. The highest BCUT2D eigenvalue weighted by Crippen LogP contribution is 2.23. The van der Waals surface area contributed by atoms with Crippen LogP contribution < -0.4 is 0 Å². The SMILES string of the molecule is O=C=Nc1cc(C(=O)Cl)ccc1C(=O)Cl. The molecule has 0 radical (unpaired) electrons. The number of halogens is 2. The second kappa shape index (κ2) is 4.84. The minimum atomic E-state index is -0.780. The Morgan fingerprint density at radius 1 is 1.20 bits per heavy atom. The van der Waals surface area contributed by atoms with Crippen LogP contribution in [0, 0.1) is 0 Å². The van der Waals surface area contributed by atoms with Crippen molar-refractivity contribution in [2.24, 2.45) is 4.99 Å². The molecule has 0 heterocycles. The largest absolute Gasteiger partial charge is 0.276 e. The van der Waals surface area contributed by atoms with Crippen LogP contribution in [0.4, 0.5) is 5.69 Å². The molecular weight excluding hydrogens is 241 g/mol. The topological polar surface area (TPSA) is 63.6 Å². The van der Waals surface area contributed by atoms with Gasteiger partial charge in [-0.25, -0.2) is 4.79 Å². The fourth-order valence-electron chi connectivity index (χ4n) is 0.962. The third kappa shape index (κ3) is 2.73. The Bertz CT molecular complexity index is 478. The van der Waals surface area contributed by atoms with Gasteiger partial charge in [-0.15, -0.1) is 0 Å². The normalized spacial score (nSPS) is 9.20. The van der Waals surface area contributed by atoms with Crippen molar-refractivity contribution in [2.45, 2.75) is 0 Å². The van der Waals surface area contributed by atoms with Crippen LogP contribution in [0.25, 0.3) is 0 Å². The molecule has 0 unspecified atom stereocenters. The van der Waals surface area contributed by atoms with E-state index in [-0.39, 0.29) is 16.8 Å². The molecule has 1 aromatic carbocycles. The zero-order chi connectivity index (χ0) is 11.4. The van der Waals surface area contributed by atoms with Gasteiger partial charge in [0.25, 0.3) is 10.5 Å². The highest BCUT2D eigenvalue weighted by molar-refractivity contribution is 6.69. The maximum Gasteiger partial charge on any atom is 0.254 e. The van der Waals surface area contributed by atoms with Gasteiger partial charge in [-0.2, -0.15) is 4.99 Å². The molecule has 0 saturated heterocycles. The molecule has 0 saturated carbocycles. The minimum Gasteiger partial charge on any atom is -0.276 e. The lowest BCUT2D eigenvalue weighted by Crippen LogP contribution is -1.94. The van der Waals surface area contributed by atoms with Crippen molar-refractivity contribution in [2.75, 3.05) is 0 Å². The number of carbonyl (C=O) groups excluding carboxylic acids is 3. The van der Waals surface area contributed by atoms with Gasteiger partial charge >= 0.3 is 0 Å². The number of isocyanates is 1. The molecule has 0 aliphatic heterocycles. The first kappa shape index (κ1) is 11.6. The van der Waals surface area contributed by atoms with E-state index in [9.17, 15) is 14.4 Å². The monoisotopic (exact) mass is 243 g/mol. The maximum atomic E-state index is 10.9. The molecule has 76 valence electrons. The van der Waals surface area contributed by atoms with E-state index in [1.165, 1.54) is 24.3 Å². The number of aliphatic imine (C=N–C) groups is 1. The van der Waals surface area contributed by atoms with Crippen molar-refractivity contribution in [3.05, 3.63) is 29.3 Å². The van der Waals surface area contributed by atoms with E-state index in [1.54, 1.807) is 0 Å². The predicted octanol–water partition coefficient (Wildman–Crippen LogP) is 2.41. The van der Waals surface area contributed by atoms with Crippen LogP contribution in [0.1, 0.15) is 20.7 Å². The van der Waals surface area contributed by atoms with Gasteiger partial charge in [-0.05, 0) is 41.4 Å². The molecule has 0 amide bonds. The number of hydrogen-bond donors (Lipinski definition) is 0. The van der Waals surface area contributed by atoms with Crippen molar-refractivity contribution < 1.29 is 14.4 Å². The molecule has 0 aromatic heterocycles. The van der Waals surface area contributed by atoms with Gasteiger partial charge in [-0.3, -0.25) is 9.59 Å². The smallest absolute Gasteiger partial charge is 0.254 e. The van der Waals surface area contributed by atoms with Gasteiger partial charge in [0.1, 0.15) is 0 Å². The lowest BCUT2D eigenvalue weighted by Gasteiger charge is -2.00. The second-order valence-electron chi connectivity index (χ2n) is 2.48. The van der Waals surface area contributed by atoms with Crippen LogP contribution in [-0.4, -0.2) is 16.6 Å². The predicted molar refractivity (Wildman–Crippen MR) is 54.6 cm³/mol. The van der Waals surface area contributed by atoms with Crippen molar-refractivity contribution in [1.82, 2.24) is 0 Å². The summed E-state index contributed by atoms with van der Waals surface area (Å²) in [5, 5.41) is -1.50. The van der Waals surface area contributed by atoms with Crippen LogP contribution in [0.2, 0.25) is 0 Å². The van der Waals surface area contributed by atoms with E-state index < -0.39 is 10.5 Å². The van der Waals surface area contributed by atoms with Crippen LogP contribution in [0.15, 0.2) is 23.2 Å². The van der Waals surface area contributed by atoms with Crippen LogP contribution in [-0.2, 0) is 4.79 Å². The molecule has 0 fully saturated rings. The zero-order valence-corrected chi connectivity index (χ0v) is 8.67. The Morgan fingerprint density at radius 3 is 2.33 bits per heavy atom. The molecule has 0 aliphatic carbocycles. The van der Waals surface area contributed by atoms with Crippen LogP contribution in [0.3, 0.4) is 0 Å². The Labute approximate surface area is 94.5 Å². The van der Waals surface area contributed by atoms with Crippen molar-refractivity contribution in [3.63, 3.8) is 0 Å². The number of carbonyl (C=O) groups is 2. The Kier molecular flexibility index (Phi) is 3.74. The molecule has 15 heavy (non-hydrogen) atoms. The van der Waals surface area contributed by atoms with Gasteiger partial charge in [0, 0.05) is 5.56 Å². The molecule has 0 aliphatic rings.